The van der Waals surface area contributed by atoms with E-state index in [0.29, 0.717) is 10.4 Å². The lowest BCUT2D eigenvalue weighted by Crippen LogP contribution is -1.86. The summed E-state index contributed by atoms with van der Waals surface area (Å²) in [5, 5.41) is 0. The lowest BCUT2D eigenvalue weighted by Gasteiger charge is -2.02. The van der Waals surface area contributed by atoms with Gasteiger partial charge in [0.15, 0.2) is 0 Å². The quantitative estimate of drug-likeness (QED) is 0.699. The van der Waals surface area contributed by atoms with E-state index >= 15 is 0 Å². The highest BCUT2D eigenvalue weighted by Gasteiger charge is 2.01. The van der Waals surface area contributed by atoms with Gasteiger partial charge < -0.3 is 0 Å². The highest BCUT2D eigenvalue weighted by Crippen LogP contribution is 2.20. The number of benzene rings is 1. The first kappa shape index (κ1) is 9.75. The highest BCUT2D eigenvalue weighted by atomic mass is 79.9. The largest absolute Gasteiger partial charge is 0.207 e. The molecule has 64 valence electrons. The normalized spacial score (nSPS) is 9.92. The SMILES string of the molecule is C=C(CCl)c1cc(F)cc(Br)c1. The van der Waals surface area contributed by atoms with Crippen LogP contribution in [0.3, 0.4) is 0 Å². The van der Waals surface area contributed by atoms with Crippen LogP contribution in [0.25, 0.3) is 5.57 Å². The second-order valence-corrected chi connectivity index (χ2v) is 3.58. The van der Waals surface area contributed by atoms with Gasteiger partial charge in [-0.05, 0) is 29.3 Å². The van der Waals surface area contributed by atoms with Gasteiger partial charge in [-0.1, -0.05) is 22.5 Å². The predicted octanol–water partition coefficient (Wildman–Crippen LogP) is 3.84. The van der Waals surface area contributed by atoms with Crippen LogP contribution in [-0.4, -0.2) is 5.88 Å². The average Bonchev–Trinajstić information content (AvgIpc) is 2.01. The Labute approximate surface area is 84.2 Å². The first-order chi connectivity index (χ1) is 5.63. The number of hydrogen-bond donors (Lipinski definition) is 0. The van der Waals surface area contributed by atoms with Crippen molar-refractivity contribution in [2.75, 3.05) is 5.88 Å². The summed E-state index contributed by atoms with van der Waals surface area (Å²) >= 11 is 8.74. The van der Waals surface area contributed by atoms with Crippen molar-refractivity contribution < 1.29 is 4.39 Å². The lowest BCUT2D eigenvalue weighted by atomic mass is 10.1. The summed E-state index contributed by atoms with van der Waals surface area (Å²) in [4.78, 5) is 0. The van der Waals surface area contributed by atoms with E-state index in [4.69, 9.17) is 11.6 Å². The van der Waals surface area contributed by atoms with Crippen LogP contribution in [0.2, 0.25) is 0 Å². The van der Waals surface area contributed by atoms with Crippen LogP contribution in [0.1, 0.15) is 5.56 Å². The van der Waals surface area contributed by atoms with E-state index in [0.717, 1.165) is 11.1 Å². The van der Waals surface area contributed by atoms with Crippen molar-refractivity contribution in [3.8, 4) is 0 Å². The molecule has 0 saturated heterocycles. The maximum absolute atomic E-state index is 12.8. The van der Waals surface area contributed by atoms with Gasteiger partial charge in [0.1, 0.15) is 5.82 Å². The Bertz CT molecular complexity index is 289. The fraction of sp³-hybridized carbons (Fsp3) is 0.111. The van der Waals surface area contributed by atoms with E-state index in [1.54, 1.807) is 6.07 Å². The molecule has 0 spiro atoms. The molecule has 0 aliphatic carbocycles. The van der Waals surface area contributed by atoms with E-state index < -0.39 is 0 Å². The number of alkyl halides is 1. The molecule has 1 aromatic rings. The Morgan fingerprint density at radius 2 is 2.17 bits per heavy atom. The minimum absolute atomic E-state index is 0.286. The summed E-state index contributed by atoms with van der Waals surface area (Å²) in [7, 11) is 0. The zero-order valence-corrected chi connectivity index (χ0v) is 8.62. The molecule has 0 radical (unpaired) electrons. The van der Waals surface area contributed by atoms with Gasteiger partial charge in [-0.25, -0.2) is 4.39 Å². The Kier molecular flexibility index (Phi) is 3.29. The van der Waals surface area contributed by atoms with E-state index in [1.807, 2.05) is 0 Å². The highest BCUT2D eigenvalue weighted by molar-refractivity contribution is 9.10. The van der Waals surface area contributed by atoms with Crippen LogP contribution in [0.15, 0.2) is 29.3 Å². The lowest BCUT2D eigenvalue weighted by molar-refractivity contribution is 0.626. The molecular formula is C9H7BrClF. The molecule has 0 N–H and O–H groups in total. The molecule has 0 fully saturated rings. The van der Waals surface area contributed by atoms with Gasteiger partial charge in [-0.3, -0.25) is 0 Å². The first-order valence-electron chi connectivity index (χ1n) is 3.33. The zero-order chi connectivity index (χ0) is 9.14. The predicted molar refractivity (Wildman–Crippen MR) is 53.9 cm³/mol. The second-order valence-electron chi connectivity index (χ2n) is 2.40. The molecule has 3 heteroatoms. The third kappa shape index (κ3) is 2.32. The maximum Gasteiger partial charge on any atom is 0.124 e. The summed E-state index contributed by atoms with van der Waals surface area (Å²) in [6.07, 6.45) is 0. The van der Waals surface area contributed by atoms with Crippen LogP contribution >= 0.6 is 27.5 Å². The van der Waals surface area contributed by atoms with Gasteiger partial charge in [0.05, 0.1) is 0 Å². The number of allylic oxidation sites excluding steroid dienone is 1. The fourth-order valence-corrected chi connectivity index (χ4v) is 1.45. The average molecular weight is 250 g/mol. The molecule has 0 bridgehead atoms. The van der Waals surface area contributed by atoms with Crippen molar-refractivity contribution in [2.24, 2.45) is 0 Å². The Morgan fingerprint density at radius 1 is 1.50 bits per heavy atom. The summed E-state index contributed by atoms with van der Waals surface area (Å²) in [5.41, 5.74) is 1.45. The molecule has 0 nitrogen and oxygen atoms in total. The van der Waals surface area contributed by atoms with Gasteiger partial charge in [0.25, 0.3) is 0 Å². The topological polar surface area (TPSA) is 0 Å². The minimum Gasteiger partial charge on any atom is -0.207 e. The molecule has 12 heavy (non-hydrogen) atoms. The van der Waals surface area contributed by atoms with Crippen LogP contribution < -0.4 is 0 Å². The number of hydrogen-bond acceptors (Lipinski definition) is 0. The first-order valence-corrected chi connectivity index (χ1v) is 4.66. The van der Waals surface area contributed by atoms with E-state index in [-0.39, 0.29) is 5.82 Å². The van der Waals surface area contributed by atoms with Gasteiger partial charge in [-0.15, -0.1) is 11.6 Å². The summed E-state index contributed by atoms with van der Waals surface area (Å²) in [5.74, 6) is 0.0289. The van der Waals surface area contributed by atoms with Crippen molar-refractivity contribution in [2.45, 2.75) is 0 Å². The molecular weight excluding hydrogens is 242 g/mol. The van der Waals surface area contributed by atoms with E-state index in [2.05, 4.69) is 22.5 Å². The summed E-state index contributed by atoms with van der Waals surface area (Å²) in [6.45, 7) is 3.71. The molecule has 1 rings (SSSR count). The summed E-state index contributed by atoms with van der Waals surface area (Å²) < 4.78 is 13.5. The van der Waals surface area contributed by atoms with Gasteiger partial charge in [-0.2, -0.15) is 0 Å². The van der Waals surface area contributed by atoms with Crippen molar-refractivity contribution in [3.63, 3.8) is 0 Å². The minimum atomic E-state index is -0.286. The molecule has 0 heterocycles. The van der Waals surface area contributed by atoms with Gasteiger partial charge in [0.2, 0.25) is 0 Å². The number of halogens is 3. The second kappa shape index (κ2) is 4.06. The third-order valence-electron chi connectivity index (χ3n) is 1.43. The Morgan fingerprint density at radius 3 is 2.67 bits per heavy atom. The van der Waals surface area contributed by atoms with E-state index in [1.165, 1.54) is 12.1 Å². The standard InChI is InChI=1S/C9H7BrClF/c1-6(5-11)7-2-8(10)4-9(12)3-7/h2-4H,1,5H2. The molecule has 0 aliphatic rings. The Hall–Kier alpha value is -0.340. The molecule has 0 saturated carbocycles. The molecule has 0 amide bonds. The van der Waals surface area contributed by atoms with Crippen LogP contribution in [0.4, 0.5) is 4.39 Å². The molecule has 0 aromatic heterocycles. The molecule has 0 atom stereocenters. The third-order valence-corrected chi connectivity index (χ3v) is 2.21. The van der Waals surface area contributed by atoms with Gasteiger partial charge in [0, 0.05) is 10.4 Å². The van der Waals surface area contributed by atoms with Crippen molar-refractivity contribution >= 4 is 33.1 Å². The monoisotopic (exact) mass is 248 g/mol. The number of rotatable bonds is 2. The summed E-state index contributed by atoms with van der Waals surface area (Å²) in [6, 6.07) is 4.59. The maximum atomic E-state index is 12.8. The molecule has 1 aromatic carbocycles. The van der Waals surface area contributed by atoms with Crippen LogP contribution in [0.5, 0.6) is 0 Å². The van der Waals surface area contributed by atoms with Crippen molar-refractivity contribution in [1.29, 1.82) is 0 Å². The molecule has 0 aliphatic heterocycles. The van der Waals surface area contributed by atoms with Crippen LogP contribution in [-0.2, 0) is 0 Å². The van der Waals surface area contributed by atoms with Crippen LogP contribution in [0, 0.1) is 5.82 Å². The van der Waals surface area contributed by atoms with Crippen molar-refractivity contribution in [1.82, 2.24) is 0 Å². The zero-order valence-electron chi connectivity index (χ0n) is 6.28. The van der Waals surface area contributed by atoms with Gasteiger partial charge >= 0.3 is 0 Å². The van der Waals surface area contributed by atoms with E-state index in [9.17, 15) is 4.39 Å². The molecule has 0 unspecified atom stereocenters. The smallest absolute Gasteiger partial charge is 0.124 e. The Balaban J connectivity index is 3.08. The van der Waals surface area contributed by atoms with Crippen molar-refractivity contribution in [3.05, 3.63) is 40.6 Å². The fourth-order valence-electron chi connectivity index (χ4n) is 0.835.